The number of likely N-dealkylation sites (tertiary alicyclic amines) is 1. The number of ketones is 1. The molecule has 6 nitrogen and oxygen atoms in total. The summed E-state index contributed by atoms with van der Waals surface area (Å²) in [6.07, 6.45) is 0.681. The lowest BCUT2D eigenvalue weighted by atomic mass is 9.95. The molecule has 3 rings (SSSR count). The lowest BCUT2D eigenvalue weighted by Crippen LogP contribution is -2.32. The third kappa shape index (κ3) is 3.92. The van der Waals surface area contributed by atoms with Crippen LogP contribution in [0.1, 0.15) is 23.6 Å². The van der Waals surface area contributed by atoms with E-state index < -0.39 is 17.7 Å². The summed E-state index contributed by atoms with van der Waals surface area (Å²) in [5.41, 5.74) is 1.10. The van der Waals surface area contributed by atoms with Gasteiger partial charge >= 0.3 is 0 Å². The molecule has 1 atom stereocenters. The number of rotatable bonds is 6. The van der Waals surface area contributed by atoms with Crippen LogP contribution in [0, 0.1) is 0 Å². The second-order valence-electron chi connectivity index (χ2n) is 7.11. The third-order valence-electron chi connectivity index (χ3n) is 4.78. The highest BCUT2D eigenvalue weighted by Crippen LogP contribution is 2.40. The lowest BCUT2D eigenvalue weighted by Gasteiger charge is -2.26. The van der Waals surface area contributed by atoms with Gasteiger partial charge in [0.25, 0.3) is 11.7 Å². The Hall–Kier alpha value is -3.12. The van der Waals surface area contributed by atoms with Gasteiger partial charge in [-0.2, -0.15) is 0 Å². The van der Waals surface area contributed by atoms with Crippen LogP contribution in [0.4, 0.5) is 0 Å². The molecule has 0 spiro atoms. The Kier molecular flexibility index (Phi) is 5.80. The smallest absolute Gasteiger partial charge is 0.295 e. The van der Waals surface area contributed by atoms with Crippen molar-refractivity contribution in [3.8, 4) is 5.75 Å². The predicted molar refractivity (Wildman–Crippen MR) is 107 cm³/mol. The Morgan fingerprint density at radius 2 is 1.79 bits per heavy atom. The van der Waals surface area contributed by atoms with Gasteiger partial charge in [0.15, 0.2) is 0 Å². The first-order chi connectivity index (χ1) is 13.4. The van der Waals surface area contributed by atoms with E-state index in [0.717, 1.165) is 6.54 Å². The van der Waals surface area contributed by atoms with Gasteiger partial charge < -0.3 is 20.0 Å². The molecule has 1 fully saturated rings. The standard InChI is InChI=1S/C22H24N2O4/c1-23(2)12-7-13-24-19(16-10-6-11-17(25)14-16)18(21(27)22(24)28)20(26)15-8-4-3-5-9-15/h3-6,8-11,14,19,25-26H,7,12-13H2,1-2H3/b20-18-. The summed E-state index contributed by atoms with van der Waals surface area (Å²) in [7, 11) is 3.88. The fourth-order valence-electron chi connectivity index (χ4n) is 3.46. The molecule has 1 unspecified atom stereocenters. The first-order valence-corrected chi connectivity index (χ1v) is 9.17. The van der Waals surface area contributed by atoms with Crippen molar-refractivity contribution < 1.29 is 19.8 Å². The zero-order chi connectivity index (χ0) is 20.3. The maximum absolute atomic E-state index is 12.8. The Morgan fingerprint density at radius 3 is 2.43 bits per heavy atom. The van der Waals surface area contributed by atoms with E-state index in [1.807, 2.05) is 25.1 Å². The maximum atomic E-state index is 12.8. The monoisotopic (exact) mass is 380 g/mol. The van der Waals surface area contributed by atoms with E-state index in [4.69, 9.17) is 0 Å². The summed E-state index contributed by atoms with van der Waals surface area (Å²) in [4.78, 5) is 29.1. The summed E-state index contributed by atoms with van der Waals surface area (Å²) < 4.78 is 0. The Morgan fingerprint density at radius 1 is 1.07 bits per heavy atom. The van der Waals surface area contributed by atoms with Gasteiger partial charge in [0.05, 0.1) is 11.6 Å². The van der Waals surface area contributed by atoms with E-state index in [9.17, 15) is 19.8 Å². The minimum Gasteiger partial charge on any atom is -0.508 e. The van der Waals surface area contributed by atoms with Crippen molar-refractivity contribution >= 4 is 17.4 Å². The molecule has 2 N–H and O–H groups in total. The van der Waals surface area contributed by atoms with Gasteiger partial charge in [-0.05, 0) is 44.8 Å². The van der Waals surface area contributed by atoms with Crippen molar-refractivity contribution in [2.75, 3.05) is 27.2 Å². The molecule has 0 aromatic heterocycles. The third-order valence-corrected chi connectivity index (χ3v) is 4.78. The summed E-state index contributed by atoms with van der Waals surface area (Å²) in [5, 5.41) is 20.8. The number of aromatic hydroxyl groups is 1. The zero-order valence-electron chi connectivity index (χ0n) is 16.0. The highest BCUT2D eigenvalue weighted by Gasteiger charge is 2.45. The van der Waals surface area contributed by atoms with Crippen molar-refractivity contribution in [1.82, 2.24) is 9.80 Å². The van der Waals surface area contributed by atoms with E-state index in [1.54, 1.807) is 36.4 Å². The average molecular weight is 380 g/mol. The van der Waals surface area contributed by atoms with Crippen LogP contribution in [0.5, 0.6) is 5.75 Å². The maximum Gasteiger partial charge on any atom is 0.295 e. The molecule has 0 bridgehead atoms. The summed E-state index contributed by atoms with van der Waals surface area (Å²) in [6, 6.07) is 14.4. The fourth-order valence-corrected chi connectivity index (χ4v) is 3.46. The van der Waals surface area contributed by atoms with Gasteiger partial charge in [0.1, 0.15) is 11.5 Å². The molecule has 1 aliphatic rings. The number of phenolic OH excluding ortho intramolecular Hbond substituents is 1. The summed E-state index contributed by atoms with van der Waals surface area (Å²) >= 11 is 0. The first-order valence-electron chi connectivity index (χ1n) is 9.17. The molecule has 0 radical (unpaired) electrons. The molecule has 1 amide bonds. The summed E-state index contributed by atoms with van der Waals surface area (Å²) in [5.74, 6) is -1.51. The number of aliphatic hydroxyl groups is 1. The van der Waals surface area contributed by atoms with Gasteiger partial charge in [0.2, 0.25) is 0 Å². The molecule has 146 valence electrons. The molecule has 0 saturated carbocycles. The van der Waals surface area contributed by atoms with Gasteiger partial charge in [-0.1, -0.05) is 42.5 Å². The van der Waals surface area contributed by atoms with E-state index in [2.05, 4.69) is 0 Å². The molecule has 1 heterocycles. The van der Waals surface area contributed by atoms with Crippen molar-refractivity contribution in [2.24, 2.45) is 0 Å². The zero-order valence-corrected chi connectivity index (χ0v) is 16.0. The second-order valence-corrected chi connectivity index (χ2v) is 7.11. The number of carbonyl (C=O) groups is 2. The van der Waals surface area contributed by atoms with E-state index in [-0.39, 0.29) is 17.1 Å². The number of amides is 1. The minimum atomic E-state index is -0.741. The summed E-state index contributed by atoms with van der Waals surface area (Å²) in [6.45, 7) is 1.13. The Labute approximate surface area is 164 Å². The van der Waals surface area contributed by atoms with E-state index in [1.165, 1.54) is 17.0 Å². The van der Waals surface area contributed by atoms with Crippen molar-refractivity contribution in [2.45, 2.75) is 12.5 Å². The topological polar surface area (TPSA) is 81.1 Å². The van der Waals surface area contributed by atoms with Crippen LogP contribution < -0.4 is 0 Å². The van der Waals surface area contributed by atoms with Gasteiger partial charge in [-0.15, -0.1) is 0 Å². The van der Waals surface area contributed by atoms with Crippen LogP contribution in [-0.2, 0) is 9.59 Å². The Balaban J connectivity index is 2.08. The lowest BCUT2D eigenvalue weighted by molar-refractivity contribution is -0.139. The number of hydrogen-bond donors (Lipinski definition) is 2. The molecular formula is C22H24N2O4. The first kappa shape index (κ1) is 19.6. The van der Waals surface area contributed by atoms with Gasteiger partial charge in [0, 0.05) is 12.1 Å². The van der Waals surface area contributed by atoms with Gasteiger partial charge in [-0.3, -0.25) is 9.59 Å². The quantitative estimate of drug-likeness (QED) is 0.458. The number of benzene rings is 2. The molecule has 1 saturated heterocycles. The van der Waals surface area contributed by atoms with Crippen LogP contribution in [-0.4, -0.2) is 58.9 Å². The molecule has 6 heteroatoms. The predicted octanol–water partition coefficient (Wildman–Crippen LogP) is 2.77. The molecule has 1 aliphatic heterocycles. The van der Waals surface area contributed by atoms with Crippen LogP contribution in [0.2, 0.25) is 0 Å². The van der Waals surface area contributed by atoms with Crippen LogP contribution in [0.25, 0.3) is 5.76 Å². The van der Waals surface area contributed by atoms with Crippen molar-refractivity contribution in [1.29, 1.82) is 0 Å². The largest absolute Gasteiger partial charge is 0.508 e. The normalized spacial score (nSPS) is 18.8. The van der Waals surface area contributed by atoms with Crippen molar-refractivity contribution in [3.63, 3.8) is 0 Å². The number of phenols is 1. The van der Waals surface area contributed by atoms with Crippen LogP contribution in [0.15, 0.2) is 60.2 Å². The molecule has 2 aromatic carbocycles. The number of aliphatic hydroxyl groups excluding tert-OH is 1. The van der Waals surface area contributed by atoms with Gasteiger partial charge in [-0.25, -0.2) is 0 Å². The highest BCUT2D eigenvalue weighted by molar-refractivity contribution is 6.46. The number of Topliss-reactive ketones (excluding diaryl/α,β-unsaturated/α-hetero) is 1. The van der Waals surface area contributed by atoms with E-state index in [0.29, 0.717) is 24.1 Å². The number of hydrogen-bond acceptors (Lipinski definition) is 5. The van der Waals surface area contributed by atoms with Crippen LogP contribution in [0.3, 0.4) is 0 Å². The molecule has 2 aromatic rings. The fraction of sp³-hybridized carbons (Fsp3) is 0.273. The molecular weight excluding hydrogens is 356 g/mol. The number of carbonyl (C=O) groups excluding carboxylic acids is 2. The second kappa shape index (κ2) is 8.27. The van der Waals surface area contributed by atoms with E-state index >= 15 is 0 Å². The van der Waals surface area contributed by atoms with Crippen molar-refractivity contribution in [3.05, 3.63) is 71.3 Å². The molecule has 0 aliphatic carbocycles. The minimum absolute atomic E-state index is 0.0380. The Bertz CT molecular complexity index is 906. The molecule has 28 heavy (non-hydrogen) atoms. The van der Waals surface area contributed by atoms with Crippen LogP contribution >= 0.6 is 0 Å². The highest BCUT2D eigenvalue weighted by atomic mass is 16.3. The SMILES string of the molecule is CN(C)CCCN1C(=O)C(=O)/C(=C(\O)c2ccccc2)C1c1cccc(O)c1. The number of nitrogens with zero attached hydrogens (tertiary/aromatic N) is 2. The average Bonchev–Trinajstić information content (AvgIpc) is 2.93.